The number of nitro groups is 1. The van der Waals surface area contributed by atoms with Gasteiger partial charge in [0.25, 0.3) is 5.69 Å². The van der Waals surface area contributed by atoms with E-state index >= 15 is 0 Å². The Kier molecular flexibility index (Phi) is 4.61. The lowest BCUT2D eigenvalue weighted by atomic mass is 10.0. The Bertz CT molecular complexity index is 501. The minimum atomic E-state index is -0.920. The highest BCUT2D eigenvalue weighted by atomic mass is 16.6. The highest BCUT2D eigenvalue weighted by molar-refractivity contribution is 5.72. The third kappa shape index (κ3) is 3.29. The van der Waals surface area contributed by atoms with Crippen LogP contribution in [0.25, 0.3) is 0 Å². The second-order valence-corrected chi connectivity index (χ2v) is 4.66. The Balaban J connectivity index is 3.06. The standard InChI is InChI=1S/C13H18N2O4/c1-8-5-6-11(7-12(8)15(18)19)9(2)14(4)10(3)13(16)17/h5-7,9-10H,1-4H3,(H,16,17). The van der Waals surface area contributed by atoms with Crippen LogP contribution in [0.2, 0.25) is 0 Å². The Labute approximate surface area is 111 Å². The quantitative estimate of drug-likeness (QED) is 0.653. The van der Waals surface area contributed by atoms with E-state index in [4.69, 9.17) is 5.11 Å². The Morgan fingerprint density at radius 3 is 2.47 bits per heavy atom. The molecule has 0 saturated heterocycles. The molecule has 0 radical (unpaired) electrons. The van der Waals surface area contributed by atoms with E-state index < -0.39 is 16.9 Å². The molecule has 19 heavy (non-hydrogen) atoms. The van der Waals surface area contributed by atoms with E-state index in [1.807, 2.05) is 6.92 Å². The topological polar surface area (TPSA) is 83.7 Å². The van der Waals surface area contributed by atoms with Gasteiger partial charge in [-0.15, -0.1) is 0 Å². The number of hydrogen-bond acceptors (Lipinski definition) is 4. The highest BCUT2D eigenvalue weighted by Crippen LogP contribution is 2.26. The fourth-order valence-electron chi connectivity index (χ4n) is 1.83. The molecule has 1 aromatic rings. The van der Waals surface area contributed by atoms with Crippen molar-refractivity contribution in [2.24, 2.45) is 0 Å². The Morgan fingerprint density at radius 2 is 2.00 bits per heavy atom. The zero-order valence-electron chi connectivity index (χ0n) is 11.5. The Morgan fingerprint density at radius 1 is 1.42 bits per heavy atom. The van der Waals surface area contributed by atoms with Crippen molar-refractivity contribution in [3.05, 3.63) is 39.4 Å². The molecule has 0 aromatic heterocycles. The summed E-state index contributed by atoms with van der Waals surface area (Å²) in [5, 5.41) is 19.9. The third-order valence-corrected chi connectivity index (χ3v) is 3.49. The van der Waals surface area contributed by atoms with Crippen LogP contribution < -0.4 is 0 Å². The van der Waals surface area contributed by atoms with Crippen LogP contribution >= 0.6 is 0 Å². The lowest BCUT2D eigenvalue weighted by Crippen LogP contribution is -2.37. The van der Waals surface area contributed by atoms with Crippen molar-refractivity contribution < 1.29 is 14.8 Å². The van der Waals surface area contributed by atoms with Crippen LogP contribution in [0.1, 0.15) is 31.0 Å². The largest absolute Gasteiger partial charge is 0.480 e. The molecule has 2 unspecified atom stereocenters. The van der Waals surface area contributed by atoms with Crippen LogP contribution in [-0.2, 0) is 4.79 Å². The van der Waals surface area contributed by atoms with Gasteiger partial charge in [-0.25, -0.2) is 0 Å². The van der Waals surface area contributed by atoms with Gasteiger partial charge in [0.1, 0.15) is 6.04 Å². The average Bonchev–Trinajstić information content (AvgIpc) is 2.36. The molecule has 0 aliphatic rings. The number of carboxylic acids is 1. The van der Waals surface area contributed by atoms with Crippen molar-refractivity contribution in [3.63, 3.8) is 0 Å². The molecule has 0 fully saturated rings. The molecule has 0 saturated carbocycles. The molecular weight excluding hydrogens is 248 g/mol. The minimum absolute atomic E-state index is 0.0562. The number of aryl methyl sites for hydroxylation is 1. The fourth-order valence-corrected chi connectivity index (χ4v) is 1.83. The number of carbonyl (C=O) groups is 1. The van der Waals surface area contributed by atoms with E-state index in [0.717, 1.165) is 5.56 Å². The van der Waals surface area contributed by atoms with Crippen molar-refractivity contribution >= 4 is 11.7 Å². The maximum absolute atomic E-state index is 11.0. The number of hydrogen-bond donors (Lipinski definition) is 1. The maximum atomic E-state index is 11.0. The molecule has 0 aliphatic carbocycles. The second-order valence-electron chi connectivity index (χ2n) is 4.66. The zero-order valence-corrected chi connectivity index (χ0v) is 11.5. The van der Waals surface area contributed by atoms with Crippen molar-refractivity contribution in [2.45, 2.75) is 32.9 Å². The third-order valence-electron chi connectivity index (χ3n) is 3.49. The normalized spacial score (nSPS) is 14.2. The maximum Gasteiger partial charge on any atom is 0.320 e. The van der Waals surface area contributed by atoms with E-state index in [1.54, 1.807) is 37.9 Å². The van der Waals surface area contributed by atoms with Gasteiger partial charge in [-0.3, -0.25) is 19.8 Å². The summed E-state index contributed by atoms with van der Waals surface area (Å²) in [6.45, 7) is 5.09. The van der Waals surface area contributed by atoms with Crippen LogP contribution in [0.3, 0.4) is 0 Å². The summed E-state index contributed by atoms with van der Waals surface area (Å²) in [5.74, 6) is -0.920. The minimum Gasteiger partial charge on any atom is -0.480 e. The average molecular weight is 266 g/mol. The number of aliphatic carboxylic acids is 1. The first kappa shape index (κ1) is 15.1. The molecule has 1 aromatic carbocycles. The predicted octanol–water partition coefficient (Wildman–Crippen LogP) is 2.37. The van der Waals surface area contributed by atoms with Gasteiger partial charge in [-0.2, -0.15) is 0 Å². The molecule has 6 heteroatoms. The van der Waals surface area contributed by atoms with Crippen LogP contribution in [0.15, 0.2) is 18.2 Å². The van der Waals surface area contributed by atoms with Gasteiger partial charge in [0.05, 0.1) is 4.92 Å². The summed E-state index contributed by atoms with van der Waals surface area (Å²) in [5.41, 5.74) is 1.38. The van der Waals surface area contributed by atoms with Crippen molar-refractivity contribution in [1.82, 2.24) is 4.90 Å². The van der Waals surface area contributed by atoms with Crippen LogP contribution in [0.4, 0.5) is 5.69 Å². The summed E-state index contributed by atoms with van der Waals surface area (Å²) in [7, 11) is 1.69. The summed E-state index contributed by atoms with van der Waals surface area (Å²) in [6.07, 6.45) is 0. The molecule has 0 heterocycles. The Hall–Kier alpha value is -1.95. The zero-order chi connectivity index (χ0) is 14.7. The van der Waals surface area contributed by atoms with Crippen LogP contribution in [0.5, 0.6) is 0 Å². The summed E-state index contributed by atoms with van der Waals surface area (Å²) < 4.78 is 0. The van der Waals surface area contributed by atoms with Crippen molar-refractivity contribution in [3.8, 4) is 0 Å². The SMILES string of the molecule is Cc1ccc(C(C)N(C)C(C)C(=O)O)cc1[N+](=O)[O-]. The number of benzene rings is 1. The van der Waals surface area contributed by atoms with Crippen molar-refractivity contribution in [1.29, 1.82) is 0 Å². The number of carboxylic acid groups (broad SMARTS) is 1. The molecule has 1 N–H and O–H groups in total. The van der Waals surface area contributed by atoms with Crippen LogP contribution in [0, 0.1) is 17.0 Å². The van der Waals surface area contributed by atoms with E-state index in [2.05, 4.69) is 0 Å². The van der Waals surface area contributed by atoms with Gasteiger partial charge in [0, 0.05) is 17.7 Å². The molecule has 1 rings (SSSR count). The highest BCUT2D eigenvalue weighted by Gasteiger charge is 2.24. The van der Waals surface area contributed by atoms with E-state index in [-0.39, 0.29) is 11.7 Å². The van der Waals surface area contributed by atoms with Gasteiger partial charge in [-0.1, -0.05) is 12.1 Å². The summed E-state index contributed by atoms with van der Waals surface area (Å²) in [4.78, 5) is 23.1. The molecule has 6 nitrogen and oxygen atoms in total. The second kappa shape index (κ2) is 5.79. The summed E-state index contributed by atoms with van der Waals surface area (Å²) in [6, 6.07) is 4.10. The molecule has 0 amide bonds. The fraction of sp³-hybridized carbons (Fsp3) is 0.462. The number of nitrogens with zero attached hydrogens (tertiary/aromatic N) is 2. The van der Waals surface area contributed by atoms with Gasteiger partial charge in [-0.05, 0) is 33.4 Å². The van der Waals surface area contributed by atoms with Crippen molar-refractivity contribution in [2.75, 3.05) is 7.05 Å². The first-order chi connectivity index (χ1) is 8.75. The lowest BCUT2D eigenvalue weighted by Gasteiger charge is -2.28. The number of rotatable bonds is 5. The predicted molar refractivity (Wildman–Crippen MR) is 71.1 cm³/mol. The van der Waals surface area contributed by atoms with E-state index in [9.17, 15) is 14.9 Å². The lowest BCUT2D eigenvalue weighted by molar-refractivity contribution is -0.385. The molecule has 2 atom stereocenters. The van der Waals surface area contributed by atoms with Gasteiger partial charge in [0.15, 0.2) is 0 Å². The first-order valence-corrected chi connectivity index (χ1v) is 5.95. The molecule has 104 valence electrons. The van der Waals surface area contributed by atoms with E-state index in [0.29, 0.717) is 5.56 Å². The monoisotopic (exact) mass is 266 g/mol. The molecule has 0 aliphatic heterocycles. The van der Waals surface area contributed by atoms with Gasteiger partial charge < -0.3 is 5.11 Å². The molecule has 0 bridgehead atoms. The first-order valence-electron chi connectivity index (χ1n) is 5.95. The summed E-state index contributed by atoms with van der Waals surface area (Å²) >= 11 is 0. The van der Waals surface area contributed by atoms with Gasteiger partial charge >= 0.3 is 5.97 Å². The molecular formula is C13H18N2O4. The number of nitro benzene ring substituents is 1. The molecule has 0 spiro atoms. The van der Waals surface area contributed by atoms with E-state index in [1.165, 1.54) is 6.07 Å². The van der Waals surface area contributed by atoms with Crippen LogP contribution in [-0.4, -0.2) is 34.0 Å². The smallest absolute Gasteiger partial charge is 0.320 e. The number of likely N-dealkylation sites (N-methyl/N-ethyl adjacent to an activating group) is 1. The van der Waals surface area contributed by atoms with Gasteiger partial charge in [0.2, 0.25) is 0 Å².